The molecule has 14 heavy (non-hydrogen) atoms. The van der Waals surface area contributed by atoms with Gasteiger partial charge in [-0.05, 0) is 19.1 Å². The van der Waals surface area contributed by atoms with Crippen LogP contribution in [0, 0.1) is 12.8 Å². The summed E-state index contributed by atoms with van der Waals surface area (Å²) in [5.41, 5.74) is 1.24. The lowest BCUT2D eigenvalue weighted by molar-refractivity contribution is -0.119. The molecule has 0 aliphatic carbocycles. The van der Waals surface area contributed by atoms with E-state index in [0.717, 1.165) is 0 Å². The fraction of sp³-hybridized carbons (Fsp3) is 0.417. The SMILES string of the molecule is Cc1cccc(SCC(=O)C(C)C)c1. The van der Waals surface area contributed by atoms with Crippen molar-refractivity contribution in [3.8, 4) is 0 Å². The van der Waals surface area contributed by atoms with Crippen molar-refractivity contribution in [1.82, 2.24) is 0 Å². The molecule has 1 aromatic carbocycles. The van der Waals surface area contributed by atoms with Crippen molar-refractivity contribution in [3.63, 3.8) is 0 Å². The lowest BCUT2D eigenvalue weighted by Gasteiger charge is -2.04. The molecule has 0 amide bonds. The van der Waals surface area contributed by atoms with Crippen LogP contribution in [0.2, 0.25) is 0 Å². The third-order valence-corrected chi connectivity index (χ3v) is 3.03. The van der Waals surface area contributed by atoms with Crippen molar-refractivity contribution < 1.29 is 4.79 Å². The van der Waals surface area contributed by atoms with Gasteiger partial charge in [-0.25, -0.2) is 0 Å². The molecule has 0 unspecified atom stereocenters. The first-order valence-electron chi connectivity index (χ1n) is 4.82. The van der Waals surface area contributed by atoms with Crippen molar-refractivity contribution in [2.75, 3.05) is 5.75 Å². The smallest absolute Gasteiger partial charge is 0.145 e. The molecule has 0 heterocycles. The van der Waals surface area contributed by atoms with Crippen molar-refractivity contribution in [3.05, 3.63) is 29.8 Å². The maximum Gasteiger partial charge on any atom is 0.145 e. The van der Waals surface area contributed by atoms with Gasteiger partial charge in [-0.3, -0.25) is 4.79 Å². The van der Waals surface area contributed by atoms with Crippen molar-refractivity contribution >= 4 is 17.5 Å². The summed E-state index contributed by atoms with van der Waals surface area (Å²) in [6.07, 6.45) is 0. The minimum Gasteiger partial charge on any atom is -0.298 e. The monoisotopic (exact) mass is 208 g/mol. The molecule has 0 bridgehead atoms. The Kier molecular flexibility index (Phi) is 4.21. The Morgan fingerprint density at radius 3 is 2.71 bits per heavy atom. The molecule has 0 fully saturated rings. The highest BCUT2D eigenvalue weighted by molar-refractivity contribution is 8.00. The molecular weight excluding hydrogens is 192 g/mol. The first kappa shape index (κ1) is 11.3. The molecular formula is C12H16OS. The van der Waals surface area contributed by atoms with Crippen LogP contribution in [-0.4, -0.2) is 11.5 Å². The van der Waals surface area contributed by atoms with E-state index >= 15 is 0 Å². The Hall–Kier alpha value is -0.760. The van der Waals surface area contributed by atoms with E-state index in [9.17, 15) is 4.79 Å². The Labute approximate surface area is 89.9 Å². The molecule has 0 spiro atoms. The van der Waals surface area contributed by atoms with Gasteiger partial charge < -0.3 is 0 Å². The maximum absolute atomic E-state index is 11.4. The fourth-order valence-electron chi connectivity index (χ4n) is 1.03. The molecule has 76 valence electrons. The predicted octanol–water partition coefficient (Wildman–Crippen LogP) is 3.31. The van der Waals surface area contributed by atoms with Gasteiger partial charge in [-0.15, -0.1) is 11.8 Å². The second-order valence-corrected chi connectivity index (χ2v) is 4.77. The third-order valence-electron chi connectivity index (χ3n) is 2.01. The van der Waals surface area contributed by atoms with Gasteiger partial charge in [-0.1, -0.05) is 31.5 Å². The number of benzene rings is 1. The van der Waals surface area contributed by atoms with Gasteiger partial charge in [0.05, 0.1) is 5.75 Å². The van der Waals surface area contributed by atoms with Crippen LogP contribution in [0.15, 0.2) is 29.2 Å². The summed E-state index contributed by atoms with van der Waals surface area (Å²) >= 11 is 1.62. The molecule has 1 nitrogen and oxygen atoms in total. The van der Waals surface area contributed by atoms with Crippen LogP contribution in [0.3, 0.4) is 0 Å². The molecule has 2 heteroatoms. The first-order valence-corrected chi connectivity index (χ1v) is 5.80. The summed E-state index contributed by atoms with van der Waals surface area (Å²) in [5.74, 6) is 1.05. The Balaban J connectivity index is 2.50. The first-order chi connectivity index (χ1) is 6.59. The molecule has 0 saturated heterocycles. The molecule has 0 radical (unpaired) electrons. The highest BCUT2D eigenvalue weighted by atomic mass is 32.2. The zero-order chi connectivity index (χ0) is 10.6. The summed E-state index contributed by atoms with van der Waals surface area (Å²) in [4.78, 5) is 12.6. The van der Waals surface area contributed by atoms with Crippen LogP contribution < -0.4 is 0 Å². The number of Topliss-reactive ketones (excluding diaryl/α,β-unsaturated/α-hetero) is 1. The minimum absolute atomic E-state index is 0.146. The van der Waals surface area contributed by atoms with Crippen LogP contribution in [-0.2, 0) is 4.79 Å². The zero-order valence-electron chi connectivity index (χ0n) is 8.91. The largest absolute Gasteiger partial charge is 0.298 e. The molecule has 0 aliphatic rings. The van der Waals surface area contributed by atoms with Gasteiger partial charge >= 0.3 is 0 Å². The Morgan fingerprint density at radius 1 is 1.43 bits per heavy atom. The quantitative estimate of drug-likeness (QED) is 0.706. The van der Waals surface area contributed by atoms with E-state index in [1.165, 1.54) is 10.5 Å². The number of aryl methyl sites for hydroxylation is 1. The summed E-state index contributed by atoms with van der Waals surface area (Å²) in [5, 5.41) is 0. The topological polar surface area (TPSA) is 17.1 Å². The van der Waals surface area contributed by atoms with E-state index < -0.39 is 0 Å². The van der Waals surface area contributed by atoms with Gasteiger partial charge in [0, 0.05) is 10.8 Å². The summed E-state index contributed by atoms with van der Waals surface area (Å²) in [6, 6.07) is 8.25. The Bertz CT molecular complexity index is 318. The van der Waals surface area contributed by atoms with E-state index in [-0.39, 0.29) is 5.92 Å². The number of carbonyl (C=O) groups excluding carboxylic acids is 1. The number of hydrogen-bond donors (Lipinski definition) is 0. The summed E-state index contributed by atoms with van der Waals surface area (Å²) in [7, 11) is 0. The van der Waals surface area contributed by atoms with Crippen molar-refractivity contribution in [1.29, 1.82) is 0 Å². The van der Waals surface area contributed by atoms with Crippen LogP contribution in [0.5, 0.6) is 0 Å². The van der Waals surface area contributed by atoms with E-state index in [2.05, 4.69) is 19.1 Å². The highest BCUT2D eigenvalue weighted by Gasteiger charge is 2.07. The summed E-state index contributed by atoms with van der Waals surface area (Å²) in [6.45, 7) is 5.95. The lowest BCUT2D eigenvalue weighted by Crippen LogP contribution is -2.09. The third kappa shape index (κ3) is 3.54. The second-order valence-electron chi connectivity index (χ2n) is 3.73. The molecule has 0 N–H and O–H groups in total. The van der Waals surface area contributed by atoms with Gasteiger partial charge in [0.15, 0.2) is 0 Å². The van der Waals surface area contributed by atoms with Crippen LogP contribution in [0.25, 0.3) is 0 Å². The van der Waals surface area contributed by atoms with Crippen LogP contribution in [0.1, 0.15) is 19.4 Å². The average molecular weight is 208 g/mol. The van der Waals surface area contributed by atoms with Crippen molar-refractivity contribution in [2.45, 2.75) is 25.7 Å². The molecule has 0 atom stereocenters. The second kappa shape index (κ2) is 5.20. The minimum atomic E-state index is 0.146. The van der Waals surface area contributed by atoms with Gasteiger partial charge in [0.25, 0.3) is 0 Å². The van der Waals surface area contributed by atoms with Crippen molar-refractivity contribution in [2.24, 2.45) is 5.92 Å². The molecule has 1 aromatic rings. The standard InChI is InChI=1S/C12H16OS/c1-9(2)12(13)8-14-11-6-4-5-10(3)7-11/h4-7,9H,8H2,1-3H3. The normalized spacial score (nSPS) is 10.6. The summed E-state index contributed by atoms with van der Waals surface area (Å²) < 4.78 is 0. The predicted molar refractivity (Wildman–Crippen MR) is 61.7 cm³/mol. The number of rotatable bonds is 4. The van der Waals surface area contributed by atoms with E-state index in [4.69, 9.17) is 0 Å². The number of hydrogen-bond acceptors (Lipinski definition) is 2. The van der Waals surface area contributed by atoms with E-state index in [0.29, 0.717) is 11.5 Å². The number of thioether (sulfide) groups is 1. The maximum atomic E-state index is 11.4. The molecule has 1 rings (SSSR count). The highest BCUT2D eigenvalue weighted by Crippen LogP contribution is 2.19. The van der Waals surface area contributed by atoms with Crippen LogP contribution in [0.4, 0.5) is 0 Å². The fourth-order valence-corrected chi connectivity index (χ4v) is 2.11. The molecule has 0 aliphatic heterocycles. The van der Waals surface area contributed by atoms with Gasteiger partial charge in [0.2, 0.25) is 0 Å². The molecule has 0 saturated carbocycles. The van der Waals surface area contributed by atoms with Gasteiger partial charge in [0.1, 0.15) is 5.78 Å². The van der Waals surface area contributed by atoms with Crippen LogP contribution >= 0.6 is 11.8 Å². The van der Waals surface area contributed by atoms with E-state index in [1.54, 1.807) is 11.8 Å². The number of ketones is 1. The zero-order valence-corrected chi connectivity index (χ0v) is 9.73. The Morgan fingerprint density at radius 2 is 2.14 bits per heavy atom. The number of carbonyl (C=O) groups is 1. The molecule has 0 aromatic heterocycles. The van der Waals surface area contributed by atoms with Gasteiger partial charge in [-0.2, -0.15) is 0 Å². The average Bonchev–Trinajstić information content (AvgIpc) is 2.14. The lowest BCUT2D eigenvalue weighted by atomic mass is 10.1. The van der Waals surface area contributed by atoms with E-state index in [1.807, 2.05) is 26.0 Å².